The Morgan fingerprint density at radius 3 is 2.79 bits per heavy atom. The van der Waals surface area contributed by atoms with Gasteiger partial charge in [0.25, 0.3) is 0 Å². The second-order valence-corrected chi connectivity index (χ2v) is 5.63. The van der Waals surface area contributed by atoms with Gasteiger partial charge in [0.1, 0.15) is 5.82 Å². The van der Waals surface area contributed by atoms with Crippen LogP contribution in [0.15, 0.2) is 12.1 Å². The molecular weight excluding hydrogens is 262 g/mol. The molecule has 4 nitrogen and oxygen atoms in total. The van der Waals surface area contributed by atoms with Crippen LogP contribution in [0.25, 0.3) is 0 Å². The Labute approximate surface area is 120 Å². The minimum absolute atomic E-state index is 0.626. The molecule has 0 bridgehead atoms. The van der Waals surface area contributed by atoms with E-state index >= 15 is 0 Å². The first-order chi connectivity index (χ1) is 9.16. The average Bonchev–Trinajstić information content (AvgIpc) is 2.41. The molecule has 1 aromatic heterocycles. The van der Waals surface area contributed by atoms with Crippen LogP contribution in [-0.4, -0.2) is 37.8 Å². The number of morpholine rings is 1. The molecule has 2 heterocycles. The second kappa shape index (κ2) is 7.08. The standard InChI is InChI=1S/C14H22ClN3O/c1-11(2)9-16-10-13-12(15)3-4-14(17-13)18-5-7-19-8-6-18/h3-4,11,16H,5-10H2,1-2H3. The summed E-state index contributed by atoms with van der Waals surface area (Å²) in [7, 11) is 0. The van der Waals surface area contributed by atoms with E-state index in [1.807, 2.05) is 12.1 Å². The Morgan fingerprint density at radius 2 is 2.11 bits per heavy atom. The van der Waals surface area contributed by atoms with Gasteiger partial charge in [-0.05, 0) is 24.6 Å². The zero-order valence-corrected chi connectivity index (χ0v) is 12.4. The quantitative estimate of drug-likeness (QED) is 0.900. The highest BCUT2D eigenvalue weighted by Crippen LogP contribution is 2.20. The Bertz CT molecular complexity index is 406. The molecule has 19 heavy (non-hydrogen) atoms. The number of nitrogens with one attached hydrogen (secondary N) is 1. The molecule has 0 saturated carbocycles. The highest BCUT2D eigenvalue weighted by Gasteiger charge is 2.14. The smallest absolute Gasteiger partial charge is 0.129 e. The Morgan fingerprint density at radius 1 is 1.37 bits per heavy atom. The Balaban J connectivity index is 2.01. The molecule has 0 spiro atoms. The summed E-state index contributed by atoms with van der Waals surface area (Å²) >= 11 is 6.20. The van der Waals surface area contributed by atoms with Gasteiger partial charge in [0, 0.05) is 19.6 Å². The van der Waals surface area contributed by atoms with Crippen LogP contribution in [-0.2, 0) is 11.3 Å². The summed E-state index contributed by atoms with van der Waals surface area (Å²) in [6.07, 6.45) is 0. The van der Waals surface area contributed by atoms with E-state index in [0.29, 0.717) is 5.92 Å². The van der Waals surface area contributed by atoms with E-state index in [4.69, 9.17) is 16.3 Å². The number of halogens is 1. The van der Waals surface area contributed by atoms with Crippen molar-refractivity contribution in [2.45, 2.75) is 20.4 Å². The molecule has 0 aliphatic carbocycles. The zero-order valence-electron chi connectivity index (χ0n) is 11.7. The molecule has 0 unspecified atom stereocenters. The first kappa shape index (κ1) is 14.6. The second-order valence-electron chi connectivity index (χ2n) is 5.22. The fraction of sp³-hybridized carbons (Fsp3) is 0.643. The highest BCUT2D eigenvalue weighted by molar-refractivity contribution is 6.31. The lowest BCUT2D eigenvalue weighted by atomic mass is 10.2. The predicted molar refractivity (Wildman–Crippen MR) is 78.8 cm³/mol. The number of rotatable bonds is 5. The monoisotopic (exact) mass is 283 g/mol. The van der Waals surface area contributed by atoms with Gasteiger partial charge < -0.3 is 15.0 Å². The van der Waals surface area contributed by atoms with Gasteiger partial charge >= 0.3 is 0 Å². The molecular formula is C14H22ClN3O. The van der Waals surface area contributed by atoms with E-state index in [1.54, 1.807) is 0 Å². The van der Waals surface area contributed by atoms with Gasteiger partial charge in [-0.3, -0.25) is 0 Å². The highest BCUT2D eigenvalue weighted by atomic mass is 35.5. The van der Waals surface area contributed by atoms with Crippen molar-refractivity contribution in [2.75, 3.05) is 37.7 Å². The SMILES string of the molecule is CC(C)CNCc1nc(N2CCOCC2)ccc1Cl. The van der Waals surface area contributed by atoms with E-state index in [0.717, 1.165) is 55.9 Å². The van der Waals surface area contributed by atoms with Crippen LogP contribution in [0.1, 0.15) is 19.5 Å². The topological polar surface area (TPSA) is 37.4 Å². The molecule has 2 rings (SSSR count). The van der Waals surface area contributed by atoms with Gasteiger partial charge in [0.2, 0.25) is 0 Å². The summed E-state index contributed by atoms with van der Waals surface area (Å²) in [5.74, 6) is 1.62. The summed E-state index contributed by atoms with van der Waals surface area (Å²) in [5, 5.41) is 4.11. The van der Waals surface area contributed by atoms with Crippen molar-refractivity contribution < 1.29 is 4.74 Å². The Hall–Kier alpha value is -0.840. The molecule has 0 radical (unpaired) electrons. The van der Waals surface area contributed by atoms with Crippen molar-refractivity contribution in [1.29, 1.82) is 0 Å². The number of anilines is 1. The van der Waals surface area contributed by atoms with Crippen molar-refractivity contribution in [3.63, 3.8) is 0 Å². The Kier molecular flexibility index (Phi) is 5.43. The number of nitrogens with zero attached hydrogens (tertiary/aromatic N) is 2. The van der Waals surface area contributed by atoms with Gasteiger partial charge in [-0.15, -0.1) is 0 Å². The first-order valence-corrected chi connectivity index (χ1v) is 7.23. The summed E-state index contributed by atoms with van der Waals surface area (Å²) in [4.78, 5) is 6.91. The fourth-order valence-corrected chi connectivity index (χ4v) is 2.22. The van der Waals surface area contributed by atoms with E-state index in [2.05, 4.69) is 29.0 Å². The lowest BCUT2D eigenvalue weighted by molar-refractivity contribution is 0.122. The van der Waals surface area contributed by atoms with Crippen LogP contribution >= 0.6 is 11.6 Å². The molecule has 1 aromatic rings. The molecule has 1 N–H and O–H groups in total. The van der Waals surface area contributed by atoms with Gasteiger partial charge in [0.05, 0.1) is 23.9 Å². The van der Waals surface area contributed by atoms with Gasteiger partial charge in [-0.2, -0.15) is 0 Å². The minimum Gasteiger partial charge on any atom is -0.378 e. The van der Waals surface area contributed by atoms with Crippen LogP contribution < -0.4 is 10.2 Å². The number of pyridine rings is 1. The maximum absolute atomic E-state index is 6.20. The van der Waals surface area contributed by atoms with Crippen molar-refractivity contribution in [1.82, 2.24) is 10.3 Å². The van der Waals surface area contributed by atoms with Crippen LogP contribution in [0.4, 0.5) is 5.82 Å². The predicted octanol–water partition coefficient (Wildman–Crippen LogP) is 2.32. The maximum Gasteiger partial charge on any atom is 0.129 e. The lowest BCUT2D eigenvalue weighted by Crippen LogP contribution is -2.37. The molecule has 1 aliphatic rings. The fourth-order valence-electron chi connectivity index (χ4n) is 2.04. The van der Waals surface area contributed by atoms with Crippen LogP contribution in [0, 0.1) is 5.92 Å². The zero-order chi connectivity index (χ0) is 13.7. The molecule has 5 heteroatoms. The van der Waals surface area contributed by atoms with Crippen molar-refractivity contribution >= 4 is 17.4 Å². The summed E-state index contributed by atoms with van der Waals surface area (Å²) in [6, 6.07) is 3.92. The van der Waals surface area contributed by atoms with E-state index in [9.17, 15) is 0 Å². The van der Waals surface area contributed by atoms with Crippen molar-refractivity contribution in [3.05, 3.63) is 22.8 Å². The summed E-state index contributed by atoms with van der Waals surface area (Å²) < 4.78 is 5.36. The molecule has 0 amide bonds. The van der Waals surface area contributed by atoms with Gasteiger partial charge in [-0.1, -0.05) is 25.4 Å². The minimum atomic E-state index is 0.626. The molecule has 1 saturated heterocycles. The van der Waals surface area contributed by atoms with Gasteiger partial charge in [-0.25, -0.2) is 4.98 Å². The van der Waals surface area contributed by atoms with Gasteiger partial charge in [0.15, 0.2) is 0 Å². The maximum atomic E-state index is 6.20. The molecule has 106 valence electrons. The van der Waals surface area contributed by atoms with E-state index < -0.39 is 0 Å². The number of hydrogen-bond donors (Lipinski definition) is 1. The average molecular weight is 284 g/mol. The van der Waals surface area contributed by atoms with E-state index in [-0.39, 0.29) is 0 Å². The van der Waals surface area contributed by atoms with Crippen molar-refractivity contribution in [2.24, 2.45) is 5.92 Å². The van der Waals surface area contributed by atoms with Crippen LogP contribution in [0.2, 0.25) is 5.02 Å². The van der Waals surface area contributed by atoms with Crippen LogP contribution in [0.3, 0.4) is 0 Å². The van der Waals surface area contributed by atoms with E-state index in [1.165, 1.54) is 0 Å². The molecule has 1 aliphatic heterocycles. The number of ether oxygens (including phenoxy) is 1. The molecule has 1 fully saturated rings. The third-order valence-corrected chi connectivity index (χ3v) is 3.43. The lowest BCUT2D eigenvalue weighted by Gasteiger charge is -2.28. The first-order valence-electron chi connectivity index (χ1n) is 6.85. The third-order valence-electron chi connectivity index (χ3n) is 3.08. The number of hydrogen-bond acceptors (Lipinski definition) is 4. The largest absolute Gasteiger partial charge is 0.378 e. The summed E-state index contributed by atoms with van der Waals surface area (Å²) in [5.41, 5.74) is 0.923. The molecule has 0 aromatic carbocycles. The van der Waals surface area contributed by atoms with Crippen molar-refractivity contribution in [3.8, 4) is 0 Å². The van der Waals surface area contributed by atoms with Crippen LogP contribution in [0.5, 0.6) is 0 Å². The number of aromatic nitrogens is 1. The summed E-state index contributed by atoms with van der Waals surface area (Å²) in [6.45, 7) is 9.39. The molecule has 0 atom stereocenters. The normalized spacial score (nSPS) is 16.1. The third kappa shape index (κ3) is 4.34.